The SMILES string of the molecule is CCOP(=O)(CCCNP(=O)(OCC)OCC)OCC. The Morgan fingerprint density at radius 1 is 0.800 bits per heavy atom. The molecule has 0 aromatic heterocycles. The third-order valence-corrected chi connectivity index (χ3v) is 6.14. The lowest BCUT2D eigenvalue weighted by Crippen LogP contribution is -2.17. The van der Waals surface area contributed by atoms with Crippen LogP contribution in [0.25, 0.3) is 0 Å². The zero-order valence-electron chi connectivity index (χ0n) is 12.8. The van der Waals surface area contributed by atoms with Crippen molar-refractivity contribution in [2.75, 3.05) is 39.1 Å². The van der Waals surface area contributed by atoms with Gasteiger partial charge < -0.3 is 9.05 Å². The van der Waals surface area contributed by atoms with Crippen LogP contribution in [0.5, 0.6) is 0 Å². The van der Waals surface area contributed by atoms with Crippen LogP contribution in [0, 0.1) is 0 Å². The van der Waals surface area contributed by atoms with Crippen LogP contribution in [0.15, 0.2) is 0 Å². The summed E-state index contributed by atoms with van der Waals surface area (Å²) in [6, 6.07) is 0. The Labute approximate surface area is 121 Å². The Morgan fingerprint density at radius 2 is 1.25 bits per heavy atom. The van der Waals surface area contributed by atoms with E-state index in [1.165, 1.54) is 0 Å². The largest absolute Gasteiger partial charge is 0.405 e. The third-order valence-electron chi connectivity index (χ3n) is 2.16. The maximum absolute atomic E-state index is 12.2. The summed E-state index contributed by atoms with van der Waals surface area (Å²) in [5, 5.41) is 2.73. The molecule has 0 aromatic carbocycles. The second-order valence-electron chi connectivity index (χ2n) is 3.76. The van der Waals surface area contributed by atoms with Crippen molar-refractivity contribution in [2.45, 2.75) is 34.1 Å². The predicted octanol–water partition coefficient (Wildman–Crippen LogP) is 3.41. The quantitative estimate of drug-likeness (QED) is 0.409. The number of hydrogen-bond acceptors (Lipinski definition) is 6. The van der Waals surface area contributed by atoms with Gasteiger partial charge in [-0.25, -0.2) is 9.65 Å². The second-order valence-corrected chi connectivity index (χ2v) is 7.78. The first-order chi connectivity index (χ1) is 9.45. The van der Waals surface area contributed by atoms with E-state index in [1.807, 2.05) is 0 Å². The highest BCUT2D eigenvalue weighted by Gasteiger charge is 2.25. The van der Waals surface area contributed by atoms with Crippen LogP contribution < -0.4 is 5.09 Å². The first-order valence-electron chi connectivity index (χ1n) is 6.97. The highest BCUT2D eigenvalue weighted by atomic mass is 31.2. The molecule has 0 atom stereocenters. The van der Waals surface area contributed by atoms with Crippen molar-refractivity contribution in [1.82, 2.24) is 5.09 Å². The van der Waals surface area contributed by atoms with Crippen molar-refractivity contribution in [3.05, 3.63) is 0 Å². The lowest BCUT2D eigenvalue weighted by atomic mass is 10.5. The van der Waals surface area contributed by atoms with Gasteiger partial charge in [0.1, 0.15) is 0 Å². The van der Waals surface area contributed by atoms with E-state index in [2.05, 4.69) is 5.09 Å². The molecule has 1 N–H and O–H groups in total. The monoisotopic (exact) mass is 331 g/mol. The van der Waals surface area contributed by atoms with Gasteiger partial charge in [-0.15, -0.1) is 0 Å². The fraction of sp³-hybridized carbons (Fsp3) is 1.00. The fourth-order valence-corrected chi connectivity index (χ4v) is 4.55. The van der Waals surface area contributed by atoms with Gasteiger partial charge in [0.2, 0.25) is 0 Å². The lowest BCUT2D eigenvalue weighted by Gasteiger charge is -2.19. The van der Waals surface area contributed by atoms with Crippen LogP contribution in [0.2, 0.25) is 0 Å². The summed E-state index contributed by atoms with van der Waals surface area (Å²) in [6.45, 7) is 8.62. The molecule has 0 spiro atoms. The van der Waals surface area contributed by atoms with Gasteiger partial charge in [-0.05, 0) is 34.1 Å². The standard InChI is InChI=1S/C11H27NO6P2/c1-5-15-19(13,16-6-2)11-9-10-12-20(14,17-7-3)18-8-4/h5-11H2,1-4H3,(H,12,14). The molecular formula is C11H27NO6P2. The van der Waals surface area contributed by atoms with Gasteiger partial charge in [0.05, 0.1) is 32.6 Å². The molecule has 20 heavy (non-hydrogen) atoms. The van der Waals surface area contributed by atoms with Gasteiger partial charge in [-0.2, -0.15) is 0 Å². The first-order valence-corrected chi connectivity index (χ1v) is 10.2. The molecule has 0 bridgehead atoms. The zero-order chi connectivity index (χ0) is 15.5. The van der Waals surface area contributed by atoms with Gasteiger partial charge in [0.15, 0.2) is 0 Å². The molecule has 0 fully saturated rings. The normalized spacial score (nSPS) is 12.8. The molecule has 0 radical (unpaired) electrons. The highest BCUT2D eigenvalue weighted by Crippen LogP contribution is 2.49. The average Bonchev–Trinajstić information content (AvgIpc) is 2.36. The summed E-state index contributed by atoms with van der Waals surface area (Å²) in [6.07, 6.45) is 0.751. The van der Waals surface area contributed by atoms with E-state index in [0.717, 1.165) is 0 Å². The summed E-state index contributed by atoms with van der Waals surface area (Å²) in [7, 11) is -6.30. The zero-order valence-corrected chi connectivity index (χ0v) is 14.6. The summed E-state index contributed by atoms with van der Waals surface area (Å²) < 4.78 is 44.8. The fourth-order valence-electron chi connectivity index (χ4n) is 1.52. The molecule has 0 unspecified atom stereocenters. The van der Waals surface area contributed by atoms with Crippen LogP contribution in [0.3, 0.4) is 0 Å². The molecule has 7 nitrogen and oxygen atoms in total. The third kappa shape index (κ3) is 8.53. The Balaban J connectivity index is 4.20. The Kier molecular flexibility index (Phi) is 11.1. The topological polar surface area (TPSA) is 83.1 Å². The Bertz CT molecular complexity index is 287. The van der Waals surface area contributed by atoms with Crippen molar-refractivity contribution in [3.8, 4) is 0 Å². The van der Waals surface area contributed by atoms with Crippen molar-refractivity contribution in [2.24, 2.45) is 0 Å². The van der Waals surface area contributed by atoms with Crippen LogP contribution in [0.4, 0.5) is 0 Å². The molecule has 122 valence electrons. The molecule has 0 amide bonds. The van der Waals surface area contributed by atoms with Crippen molar-refractivity contribution >= 4 is 15.3 Å². The molecule has 0 saturated heterocycles. The highest BCUT2D eigenvalue weighted by molar-refractivity contribution is 7.53. The second kappa shape index (κ2) is 10.9. The first kappa shape index (κ1) is 20.3. The molecule has 0 aliphatic heterocycles. The summed E-state index contributed by atoms with van der Waals surface area (Å²) >= 11 is 0. The van der Waals surface area contributed by atoms with E-state index in [4.69, 9.17) is 18.1 Å². The van der Waals surface area contributed by atoms with Crippen LogP contribution in [-0.2, 0) is 27.2 Å². The van der Waals surface area contributed by atoms with E-state index < -0.39 is 15.3 Å². The van der Waals surface area contributed by atoms with E-state index in [-0.39, 0.29) is 6.16 Å². The van der Waals surface area contributed by atoms with Gasteiger partial charge >= 0.3 is 15.3 Å². The van der Waals surface area contributed by atoms with Gasteiger partial charge in [-0.3, -0.25) is 13.6 Å². The van der Waals surface area contributed by atoms with Gasteiger partial charge in [0.25, 0.3) is 0 Å². The lowest BCUT2D eigenvalue weighted by molar-refractivity contribution is 0.209. The van der Waals surface area contributed by atoms with E-state index >= 15 is 0 Å². The number of hydrogen-bond donors (Lipinski definition) is 1. The predicted molar refractivity (Wildman–Crippen MR) is 79.2 cm³/mol. The van der Waals surface area contributed by atoms with Gasteiger partial charge in [0, 0.05) is 6.54 Å². The molecule has 0 rings (SSSR count). The number of rotatable bonds is 13. The Morgan fingerprint density at radius 3 is 1.65 bits per heavy atom. The molecule has 0 saturated carbocycles. The molecule has 9 heteroatoms. The molecule has 0 aliphatic carbocycles. The Hall–Kier alpha value is 0.260. The van der Waals surface area contributed by atoms with Crippen LogP contribution >= 0.6 is 15.3 Å². The van der Waals surface area contributed by atoms with Crippen LogP contribution in [-0.4, -0.2) is 39.1 Å². The molecule has 0 heterocycles. The number of nitrogens with one attached hydrogen (secondary N) is 1. The van der Waals surface area contributed by atoms with Crippen LogP contribution in [0.1, 0.15) is 34.1 Å². The van der Waals surface area contributed by atoms with Crippen molar-refractivity contribution < 1.29 is 27.2 Å². The maximum atomic E-state index is 12.2. The van der Waals surface area contributed by atoms with E-state index in [0.29, 0.717) is 39.4 Å². The summed E-state index contributed by atoms with van der Waals surface area (Å²) in [5.41, 5.74) is 0. The van der Waals surface area contributed by atoms with Gasteiger partial charge in [-0.1, -0.05) is 0 Å². The average molecular weight is 331 g/mol. The summed E-state index contributed by atoms with van der Waals surface area (Å²) in [5.74, 6) is 0. The maximum Gasteiger partial charge on any atom is 0.405 e. The minimum absolute atomic E-state index is 0.264. The van der Waals surface area contributed by atoms with Crippen molar-refractivity contribution in [3.63, 3.8) is 0 Å². The van der Waals surface area contributed by atoms with Crippen molar-refractivity contribution in [1.29, 1.82) is 0 Å². The minimum atomic E-state index is -3.25. The van der Waals surface area contributed by atoms with E-state index in [1.54, 1.807) is 27.7 Å². The summed E-state index contributed by atoms with van der Waals surface area (Å²) in [4.78, 5) is 0. The smallest absolute Gasteiger partial charge is 0.309 e. The molecule has 0 aliphatic rings. The molecule has 0 aromatic rings. The molecular weight excluding hydrogens is 304 g/mol. The minimum Gasteiger partial charge on any atom is -0.309 e. The van der Waals surface area contributed by atoms with E-state index in [9.17, 15) is 9.13 Å².